The van der Waals surface area contributed by atoms with E-state index in [9.17, 15) is 18.0 Å². The predicted octanol–water partition coefficient (Wildman–Crippen LogP) is 4.57. The molecule has 0 saturated heterocycles. The first-order chi connectivity index (χ1) is 11.8. The van der Waals surface area contributed by atoms with Crippen LogP contribution in [0, 0.1) is 4.77 Å². The van der Waals surface area contributed by atoms with Crippen molar-refractivity contribution in [2.24, 2.45) is 0 Å². The highest BCUT2D eigenvalue weighted by atomic mass is 32.1. The summed E-state index contributed by atoms with van der Waals surface area (Å²) in [6, 6.07) is 11.9. The minimum Gasteiger partial charge on any atom is -0.406 e. The van der Waals surface area contributed by atoms with Gasteiger partial charge in [-0.15, -0.1) is 13.2 Å². The highest BCUT2D eigenvalue weighted by Gasteiger charge is 2.31. The maximum atomic E-state index is 12.7. The highest BCUT2D eigenvalue weighted by Crippen LogP contribution is 2.25. The number of hydrogen-bond acceptors (Lipinski definition) is 3. The molecule has 0 aliphatic rings. The number of nitrogens with zero attached hydrogens (tertiary/aromatic N) is 1. The Kier molecular flexibility index (Phi) is 4.38. The molecule has 4 nitrogen and oxygen atoms in total. The molecule has 0 amide bonds. The van der Waals surface area contributed by atoms with Crippen LogP contribution in [0.2, 0.25) is 0 Å². The van der Waals surface area contributed by atoms with Crippen molar-refractivity contribution in [2.75, 3.05) is 0 Å². The molecule has 0 bridgehead atoms. The summed E-state index contributed by atoms with van der Waals surface area (Å²) in [6.07, 6.45) is -4.74. The van der Waals surface area contributed by atoms with E-state index in [-0.39, 0.29) is 16.1 Å². The smallest absolute Gasteiger partial charge is 0.406 e. The van der Waals surface area contributed by atoms with Crippen LogP contribution >= 0.6 is 12.2 Å². The van der Waals surface area contributed by atoms with Gasteiger partial charge >= 0.3 is 6.36 Å². The predicted molar refractivity (Wildman–Crippen MR) is 90.3 cm³/mol. The Morgan fingerprint density at radius 1 is 1.12 bits per heavy atom. The van der Waals surface area contributed by atoms with Gasteiger partial charge in [0, 0.05) is 0 Å². The van der Waals surface area contributed by atoms with Crippen LogP contribution in [0.1, 0.15) is 18.5 Å². The van der Waals surface area contributed by atoms with Crippen molar-refractivity contribution in [1.82, 2.24) is 9.55 Å². The van der Waals surface area contributed by atoms with Gasteiger partial charge in [-0.05, 0) is 49.0 Å². The number of hydrogen-bond donors (Lipinski definition) is 1. The van der Waals surface area contributed by atoms with E-state index in [4.69, 9.17) is 12.2 Å². The molecule has 130 valence electrons. The average molecular weight is 366 g/mol. The monoisotopic (exact) mass is 366 g/mol. The van der Waals surface area contributed by atoms with E-state index in [0.29, 0.717) is 16.5 Å². The zero-order chi connectivity index (χ0) is 18.2. The van der Waals surface area contributed by atoms with Gasteiger partial charge in [0.15, 0.2) is 4.77 Å². The number of aromatic nitrogens is 2. The number of benzene rings is 2. The summed E-state index contributed by atoms with van der Waals surface area (Å²) >= 11 is 5.27. The first kappa shape index (κ1) is 17.2. The van der Waals surface area contributed by atoms with Crippen molar-refractivity contribution >= 4 is 23.1 Å². The Balaban J connectivity index is 2.01. The second-order valence-electron chi connectivity index (χ2n) is 5.44. The second kappa shape index (κ2) is 6.36. The highest BCUT2D eigenvalue weighted by molar-refractivity contribution is 7.71. The van der Waals surface area contributed by atoms with Crippen LogP contribution in [-0.4, -0.2) is 15.9 Å². The number of H-pyrrole nitrogens is 1. The zero-order valence-corrected chi connectivity index (χ0v) is 13.8. The van der Waals surface area contributed by atoms with Gasteiger partial charge in [0.2, 0.25) is 0 Å². The molecule has 1 atom stereocenters. The van der Waals surface area contributed by atoms with Crippen LogP contribution in [0.25, 0.3) is 10.9 Å². The number of alkyl halides is 3. The minimum atomic E-state index is -4.74. The minimum absolute atomic E-state index is 0.242. The number of rotatable bonds is 3. The number of ether oxygens (including phenoxy) is 1. The topological polar surface area (TPSA) is 47.0 Å². The number of nitrogens with one attached hydrogen (secondary N) is 1. The fourth-order valence-electron chi connectivity index (χ4n) is 2.62. The van der Waals surface area contributed by atoms with Crippen molar-refractivity contribution in [3.8, 4) is 5.75 Å². The van der Waals surface area contributed by atoms with Crippen molar-refractivity contribution in [3.05, 3.63) is 69.2 Å². The maximum Gasteiger partial charge on any atom is 0.573 e. The van der Waals surface area contributed by atoms with Crippen LogP contribution in [0.4, 0.5) is 13.2 Å². The van der Waals surface area contributed by atoms with Gasteiger partial charge in [-0.1, -0.05) is 24.3 Å². The fraction of sp³-hybridized carbons (Fsp3) is 0.176. The van der Waals surface area contributed by atoms with Gasteiger partial charge in [-0.3, -0.25) is 9.36 Å². The summed E-state index contributed by atoms with van der Waals surface area (Å²) in [5.74, 6) is -0.320. The molecular weight excluding hydrogens is 353 g/mol. The normalized spacial score (nSPS) is 13.0. The van der Waals surface area contributed by atoms with Crippen LogP contribution < -0.4 is 10.3 Å². The maximum absolute atomic E-state index is 12.7. The number of halogens is 3. The lowest BCUT2D eigenvalue weighted by atomic mass is 10.1. The Bertz CT molecular complexity index is 1020. The third kappa shape index (κ3) is 3.58. The van der Waals surface area contributed by atoms with Gasteiger partial charge in [0.05, 0.1) is 16.9 Å². The summed E-state index contributed by atoms with van der Waals surface area (Å²) in [5.41, 5.74) is 1.00. The third-order valence-corrected chi connectivity index (χ3v) is 4.12. The van der Waals surface area contributed by atoms with Crippen LogP contribution in [0.3, 0.4) is 0 Å². The lowest BCUT2D eigenvalue weighted by Crippen LogP contribution is -2.25. The van der Waals surface area contributed by atoms with E-state index < -0.39 is 12.4 Å². The molecule has 0 radical (unpaired) electrons. The van der Waals surface area contributed by atoms with Crippen molar-refractivity contribution in [2.45, 2.75) is 19.3 Å². The SMILES string of the molecule is CC(c1ccc(OC(F)(F)F)cc1)n1c(=S)[nH]c2ccccc2c1=O. The van der Waals surface area contributed by atoms with E-state index in [2.05, 4.69) is 9.72 Å². The molecule has 3 rings (SSSR count). The quantitative estimate of drug-likeness (QED) is 0.691. The molecule has 1 unspecified atom stereocenters. The summed E-state index contributed by atoms with van der Waals surface area (Å²) in [5, 5.41) is 0.486. The van der Waals surface area contributed by atoms with Crippen molar-refractivity contribution in [3.63, 3.8) is 0 Å². The van der Waals surface area contributed by atoms with E-state index in [0.717, 1.165) is 0 Å². The average Bonchev–Trinajstić information content (AvgIpc) is 2.54. The lowest BCUT2D eigenvalue weighted by Gasteiger charge is -2.17. The largest absolute Gasteiger partial charge is 0.573 e. The molecule has 8 heteroatoms. The molecule has 0 fully saturated rings. The Morgan fingerprint density at radius 3 is 2.40 bits per heavy atom. The van der Waals surface area contributed by atoms with Gasteiger partial charge in [0.1, 0.15) is 5.75 Å². The molecule has 1 heterocycles. The number of fused-ring (bicyclic) bond motifs is 1. The molecule has 25 heavy (non-hydrogen) atoms. The van der Waals surface area contributed by atoms with Crippen molar-refractivity contribution in [1.29, 1.82) is 0 Å². The molecule has 1 aromatic heterocycles. The Labute approximate surface area is 145 Å². The molecule has 0 spiro atoms. The van der Waals surface area contributed by atoms with Gasteiger partial charge < -0.3 is 9.72 Å². The third-order valence-electron chi connectivity index (χ3n) is 3.82. The van der Waals surface area contributed by atoms with E-state index in [1.165, 1.54) is 28.8 Å². The Hall–Kier alpha value is -2.61. The standard InChI is InChI=1S/C17H13F3N2O2S/c1-10(11-6-8-12(9-7-11)24-17(18,19)20)22-15(23)13-4-2-3-5-14(13)21-16(22)25/h2-10H,1H3,(H,21,25). The second-order valence-corrected chi connectivity index (χ2v) is 5.83. The lowest BCUT2D eigenvalue weighted by molar-refractivity contribution is -0.274. The molecule has 0 aliphatic heterocycles. The first-order valence-corrected chi connectivity index (χ1v) is 7.76. The summed E-state index contributed by atoms with van der Waals surface area (Å²) in [6.45, 7) is 1.75. The fourth-order valence-corrected chi connectivity index (χ4v) is 2.98. The summed E-state index contributed by atoms with van der Waals surface area (Å²) < 4.78 is 42.2. The first-order valence-electron chi connectivity index (χ1n) is 7.35. The molecule has 0 saturated carbocycles. The molecule has 3 aromatic rings. The Morgan fingerprint density at radius 2 is 1.76 bits per heavy atom. The van der Waals surface area contributed by atoms with Crippen molar-refractivity contribution < 1.29 is 17.9 Å². The molecule has 1 N–H and O–H groups in total. The van der Waals surface area contributed by atoms with E-state index >= 15 is 0 Å². The van der Waals surface area contributed by atoms with Crippen LogP contribution in [-0.2, 0) is 0 Å². The number of aromatic amines is 1. The molecule has 2 aromatic carbocycles. The number of para-hydroxylation sites is 1. The van der Waals surface area contributed by atoms with E-state index in [1.807, 2.05) is 0 Å². The van der Waals surface area contributed by atoms with Crippen LogP contribution in [0.15, 0.2) is 53.3 Å². The van der Waals surface area contributed by atoms with Crippen LogP contribution in [0.5, 0.6) is 5.75 Å². The zero-order valence-electron chi connectivity index (χ0n) is 13.0. The van der Waals surface area contributed by atoms with Gasteiger partial charge in [-0.2, -0.15) is 0 Å². The van der Waals surface area contributed by atoms with Gasteiger partial charge in [0.25, 0.3) is 5.56 Å². The van der Waals surface area contributed by atoms with Gasteiger partial charge in [-0.25, -0.2) is 0 Å². The molecule has 0 aliphatic carbocycles. The van der Waals surface area contributed by atoms with E-state index in [1.54, 1.807) is 31.2 Å². The summed E-state index contributed by atoms with van der Waals surface area (Å²) in [4.78, 5) is 15.7. The summed E-state index contributed by atoms with van der Waals surface area (Å²) in [7, 11) is 0. The molecular formula is C17H13F3N2O2S.